The molecule has 4 nitrogen and oxygen atoms in total. The lowest BCUT2D eigenvalue weighted by molar-refractivity contribution is 0.184. The van der Waals surface area contributed by atoms with Crippen molar-refractivity contribution in [1.82, 2.24) is 9.88 Å². The standard InChI is InChI=1S/C14H22BrN3O/c1-17(7-2-10-19)13-5-8-18(9-6-13)14-4-3-12(15)11-16-14/h3-4,11,13,19H,2,5-10H2,1H3. The topological polar surface area (TPSA) is 39.6 Å². The second kappa shape index (κ2) is 7.22. The van der Waals surface area contributed by atoms with Crippen molar-refractivity contribution >= 4 is 21.7 Å². The molecule has 1 aliphatic heterocycles. The van der Waals surface area contributed by atoms with Gasteiger partial charge in [0.05, 0.1) is 0 Å². The van der Waals surface area contributed by atoms with Crippen molar-refractivity contribution in [3.63, 3.8) is 0 Å². The molecule has 0 radical (unpaired) electrons. The molecular weight excluding hydrogens is 306 g/mol. The van der Waals surface area contributed by atoms with Crippen molar-refractivity contribution in [2.45, 2.75) is 25.3 Å². The number of aromatic nitrogens is 1. The third kappa shape index (κ3) is 4.16. The minimum Gasteiger partial charge on any atom is -0.396 e. The lowest BCUT2D eigenvalue weighted by Gasteiger charge is -2.37. The molecule has 0 unspecified atom stereocenters. The van der Waals surface area contributed by atoms with E-state index in [-0.39, 0.29) is 6.61 Å². The van der Waals surface area contributed by atoms with Crippen LogP contribution in [0.2, 0.25) is 0 Å². The van der Waals surface area contributed by atoms with Crippen molar-refractivity contribution < 1.29 is 5.11 Å². The summed E-state index contributed by atoms with van der Waals surface area (Å²) >= 11 is 3.41. The molecule has 0 amide bonds. The SMILES string of the molecule is CN(CCCO)C1CCN(c2ccc(Br)cn2)CC1. The summed E-state index contributed by atoms with van der Waals surface area (Å²) in [5.74, 6) is 1.07. The van der Waals surface area contributed by atoms with Gasteiger partial charge in [-0.05, 0) is 54.4 Å². The Morgan fingerprint density at radius 3 is 2.74 bits per heavy atom. The van der Waals surface area contributed by atoms with Crippen LogP contribution in [0.25, 0.3) is 0 Å². The minimum absolute atomic E-state index is 0.284. The Bertz CT molecular complexity index is 377. The van der Waals surface area contributed by atoms with Crippen molar-refractivity contribution in [3.8, 4) is 0 Å². The van der Waals surface area contributed by atoms with Gasteiger partial charge < -0.3 is 14.9 Å². The highest BCUT2D eigenvalue weighted by molar-refractivity contribution is 9.10. The first kappa shape index (κ1) is 14.8. The summed E-state index contributed by atoms with van der Waals surface area (Å²) in [7, 11) is 2.16. The molecule has 2 heterocycles. The molecule has 0 atom stereocenters. The average Bonchev–Trinajstić information content (AvgIpc) is 2.46. The van der Waals surface area contributed by atoms with Crippen LogP contribution in [0, 0.1) is 0 Å². The molecule has 1 aromatic rings. The molecule has 1 N–H and O–H groups in total. The predicted molar refractivity (Wildman–Crippen MR) is 81.5 cm³/mol. The van der Waals surface area contributed by atoms with Gasteiger partial charge in [-0.15, -0.1) is 0 Å². The molecule has 1 aromatic heterocycles. The fraction of sp³-hybridized carbons (Fsp3) is 0.643. The largest absolute Gasteiger partial charge is 0.396 e. The fourth-order valence-corrected chi connectivity index (χ4v) is 2.83. The molecule has 0 aliphatic carbocycles. The van der Waals surface area contributed by atoms with Crippen molar-refractivity contribution in [2.24, 2.45) is 0 Å². The zero-order valence-electron chi connectivity index (χ0n) is 11.4. The van der Waals surface area contributed by atoms with Crippen LogP contribution < -0.4 is 4.90 Å². The highest BCUT2D eigenvalue weighted by Crippen LogP contribution is 2.21. The molecule has 1 aliphatic rings. The van der Waals surface area contributed by atoms with E-state index in [1.807, 2.05) is 12.3 Å². The van der Waals surface area contributed by atoms with Gasteiger partial charge in [0.1, 0.15) is 5.82 Å². The number of aliphatic hydroxyl groups is 1. The molecule has 0 saturated carbocycles. The maximum Gasteiger partial charge on any atom is 0.128 e. The molecule has 0 spiro atoms. The minimum atomic E-state index is 0.284. The van der Waals surface area contributed by atoms with Gasteiger partial charge in [-0.2, -0.15) is 0 Å². The van der Waals surface area contributed by atoms with Crippen LogP contribution in [0.3, 0.4) is 0 Å². The van der Waals surface area contributed by atoms with E-state index in [9.17, 15) is 0 Å². The highest BCUT2D eigenvalue weighted by Gasteiger charge is 2.22. The van der Waals surface area contributed by atoms with Gasteiger partial charge in [0, 0.05) is 43.0 Å². The summed E-state index contributed by atoms with van der Waals surface area (Å²) in [6, 6.07) is 4.75. The Hall–Kier alpha value is -0.650. The first-order valence-corrected chi connectivity index (χ1v) is 7.67. The number of anilines is 1. The number of pyridine rings is 1. The maximum atomic E-state index is 8.88. The third-order valence-corrected chi connectivity index (χ3v) is 4.26. The molecule has 1 saturated heterocycles. The van der Waals surface area contributed by atoms with Gasteiger partial charge in [0.15, 0.2) is 0 Å². The number of halogens is 1. The van der Waals surface area contributed by atoms with E-state index in [0.717, 1.165) is 36.3 Å². The Morgan fingerprint density at radius 2 is 2.16 bits per heavy atom. The highest BCUT2D eigenvalue weighted by atomic mass is 79.9. The van der Waals surface area contributed by atoms with E-state index in [2.05, 4.69) is 43.8 Å². The van der Waals surface area contributed by atoms with Gasteiger partial charge >= 0.3 is 0 Å². The number of nitrogens with zero attached hydrogens (tertiary/aromatic N) is 3. The second-order valence-corrected chi connectivity index (χ2v) is 6.03. The maximum absolute atomic E-state index is 8.88. The molecule has 5 heteroatoms. The molecular formula is C14H22BrN3O. The Balaban J connectivity index is 1.83. The van der Waals surface area contributed by atoms with Crippen molar-refractivity contribution in [2.75, 3.05) is 38.2 Å². The summed E-state index contributed by atoms with van der Waals surface area (Å²) < 4.78 is 1.02. The Kier molecular flexibility index (Phi) is 5.60. The molecule has 106 valence electrons. The molecule has 19 heavy (non-hydrogen) atoms. The zero-order valence-corrected chi connectivity index (χ0v) is 13.0. The molecule has 0 aromatic carbocycles. The molecule has 0 bridgehead atoms. The van der Waals surface area contributed by atoms with Crippen LogP contribution in [0.5, 0.6) is 0 Å². The van der Waals surface area contributed by atoms with E-state index >= 15 is 0 Å². The first-order valence-electron chi connectivity index (χ1n) is 6.88. The number of hydrogen-bond donors (Lipinski definition) is 1. The normalized spacial score (nSPS) is 17.2. The summed E-state index contributed by atoms with van der Waals surface area (Å²) in [6.45, 7) is 3.38. The van der Waals surface area contributed by atoms with Crippen LogP contribution in [0.4, 0.5) is 5.82 Å². The quantitative estimate of drug-likeness (QED) is 0.899. The fourth-order valence-electron chi connectivity index (χ4n) is 2.59. The first-order chi connectivity index (χ1) is 9.20. The van der Waals surface area contributed by atoms with Gasteiger partial charge in [-0.3, -0.25) is 0 Å². The van der Waals surface area contributed by atoms with E-state index in [1.54, 1.807) is 0 Å². The number of hydrogen-bond acceptors (Lipinski definition) is 4. The van der Waals surface area contributed by atoms with Gasteiger partial charge in [-0.25, -0.2) is 4.98 Å². The number of aliphatic hydroxyl groups excluding tert-OH is 1. The Morgan fingerprint density at radius 1 is 1.42 bits per heavy atom. The van der Waals surface area contributed by atoms with Crippen molar-refractivity contribution in [3.05, 3.63) is 22.8 Å². The van der Waals surface area contributed by atoms with Crippen molar-refractivity contribution in [1.29, 1.82) is 0 Å². The van der Waals surface area contributed by atoms with E-state index in [4.69, 9.17) is 5.11 Å². The smallest absolute Gasteiger partial charge is 0.128 e. The van der Waals surface area contributed by atoms with E-state index < -0.39 is 0 Å². The van der Waals surface area contributed by atoms with Gasteiger partial charge in [0.25, 0.3) is 0 Å². The summed E-state index contributed by atoms with van der Waals surface area (Å²) in [4.78, 5) is 9.18. The zero-order chi connectivity index (χ0) is 13.7. The summed E-state index contributed by atoms with van der Waals surface area (Å²) in [6.07, 6.45) is 5.05. The summed E-state index contributed by atoms with van der Waals surface area (Å²) in [5.41, 5.74) is 0. The third-order valence-electron chi connectivity index (χ3n) is 3.79. The van der Waals surface area contributed by atoms with Crippen LogP contribution in [0.1, 0.15) is 19.3 Å². The van der Waals surface area contributed by atoms with Gasteiger partial charge in [0.2, 0.25) is 0 Å². The van der Waals surface area contributed by atoms with Crippen LogP contribution >= 0.6 is 15.9 Å². The predicted octanol–water partition coefficient (Wildman–Crippen LogP) is 2.13. The van der Waals surface area contributed by atoms with E-state index in [0.29, 0.717) is 6.04 Å². The molecule has 1 fully saturated rings. The lowest BCUT2D eigenvalue weighted by atomic mass is 10.0. The van der Waals surface area contributed by atoms with Crippen LogP contribution in [-0.2, 0) is 0 Å². The second-order valence-electron chi connectivity index (χ2n) is 5.11. The van der Waals surface area contributed by atoms with E-state index in [1.165, 1.54) is 12.8 Å². The van der Waals surface area contributed by atoms with Crippen LogP contribution in [-0.4, -0.2) is 54.3 Å². The number of rotatable bonds is 5. The Labute approximate surface area is 123 Å². The van der Waals surface area contributed by atoms with Crippen LogP contribution in [0.15, 0.2) is 22.8 Å². The number of piperidine rings is 1. The monoisotopic (exact) mass is 327 g/mol. The summed E-state index contributed by atoms with van der Waals surface area (Å²) in [5, 5.41) is 8.88. The lowest BCUT2D eigenvalue weighted by Crippen LogP contribution is -2.44. The molecule has 2 rings (SSSR count). The average molecular weight is 328 g/mol. The van der Waals surface area contributed by atoms with Gasteiger partial charge in [-0.1, -0.05) is 0 Å².